The third kappa shape index (κ3) is 5.34. The van der Waals surface area contributed by atoms with Gasteiger partial charge in [-0.1, -0.05) is 38.1 Å². The lowest BCUT2D eigenvalue weighted by Crippen LogP contribution is -2.40. The van der Waals surface area contributed by atoms with Crippen molar-refractivity contribution in [2.45, 2.75) is 46.1 Å². The van der Waals surface area contributed by atoms with E-state index in [1.807, 2.05) is 33.8 Å². The molecule has 0 aliphatic carbocycles. The van der Waals surface area contributed by atoms with Gasteiger partial charge in [-0.3, -0.25) is 9.78 Å². The van der Waals surface area contributed by atoms with Crippen molar-refractivity contribution in [1.82, 2.24) is 10.1 Å². The van der Waals surface area contributed by atoms with Crippen molar-refractivity contribution in [3.05, 3.63) is 77.6 Å². The Bertz CT molecular complexity index is 1130. The summed E-state index contributed by atoms with van der Waals surface area (Å²) in [5, 5.41) is 20.1. The number of methoxy groups -OCH3 is 1. The third-order valence-corrected chi connectivity index (χ3v) is 5.17. The van der Waals surface area contributed by atoms with Gasteiger partial charge in [0.1, 0.15) is 17.6 Å². The van der Waals surface area contributed by atoms with Crippen LogP contribution in [0.4, 0.5) is 11.5 Å². The first kappa shape index (κ1) is 23.8. The van der Waals surface area contributed by atoms with Gasteiger partial charge in [-0.25, -0.2) is 0 Å². The molecule has 0 saturated carbocycles. The smallest absolute Gasteiger partial charge is 0.252 e. The lowest BCUT2D eigenvalue weighted by Gasteiger charge is -2.35. The molecule has 3 rings (SSSR count). The number of allylic oxidation sites excluding steroid dienone is 1. The highest BCUT2D eigenvalue weighted by Gasteiger charge is 2.32. The zero-order valence-corrected chi connectivity index (χ0v) is 19.7. The molecule has 0 aliphatic heterocycles. The molecule has 3 aromatic rings. The number of nitrogens with one attached hydrogen (secondary N) is 1. The van der Waals surface area contributed by atoms with Crippen molar-refractivity contribution in [2.75, 3.05) is 17.3 Å². The number of hydrogen-bond donors (Lipinski definition) is 1. The molecule has 0 unspecified atom stereocenters. The van der Waals surface area contributed by atoms with E-state index in [-0.39, 0.29) is 17.1 Å². The standard InChI is InChI=1S/C25H30N4O4/c1-7-22(30)29(21-14-20(33-28-21)25(3,4)5)23(17-9-8-12-26-15-17)24(31)27-19-11-10-18(32-6)13-16(19)2/h7-15,23,30H,1-6H3,(H,27,31)/p-1/b22-7-/t23-/m0/s1. The van der Waals surface area contributed by atoms with Crippen LogP contribution < -0.4 is 20.1 Å². The summed E-state index contributed by atoms with van der Waals surface area (Å²) >= 11 is 0. The van der Waals surface area contributed by atoms with Crippen LogP contribution in [0.25, 0.3) is 0 Å². The van der Waals surface area contributed by atoms with Gasteiger partial charge in [-0.15, -0.1) is 0 Å². The first-order valence-electron chi connectivity index (χ1n) is 10.6. The average molecular weight is 450 g/mol. The van der Waals surface area contributed by atoms with Crippen LogP contribution >= 0.6 is 0 Å². The molecule has 1 aromatic carbocycles. The van der Waals surface area contributed by atoms with Gasteiger partial charge in [-0.05, 0) is 49.6 Å². The molecule has 0 aliphatic rings. The largest absolute Gasteiger partial charge is 0.860 e. The van der Waals surface area contributed by atoms with Crippen LogP contribution in [0.15, 0.2) is 65.3 Å². The molecule has 33 heavy (non-hydrogen) atoms. The first-order chi connectivity index (χ1) is 15.7. The van der Waals surface area contributed by atoms with Crippen molar-refractivity contribution < 1.29 is 19.2 Å². The van der Waals surface area contributed by atoms with Gasteiger partial charge in [-0.2, -0.15) is 0 Å². The second-order valence-electron chi connectivity index (χ2n) is 8.66. The van der Waals surface area contributed by atoms with Crippen molar-refractivity contribution >= 4 is 17.4 Å². The van der Waals surface area contributed by atoms with Gasteiger partial charge >= 0.3 is 0 Å². The minimum Gasteiger partial charge on any atom is -0.860 e. The molecule has 1 N–H and O–H groups in total. The number of carbonyl (C=O) groups is 1. The van der Waals surface area contributed by atoms with Crippen molar-refractivity contribution in [3.8, 4) is 5.75 Å². The molecular formula is C25H29N4O4-. The molecule has 2 heterocycles. The summed E-state index contributed by atoms with van der Waals surface area (Å²) in [4.78, 5) is 19.1. The number of rotatable bonds is 7. The van der Waals surface area contributed by atoms with Gasteiger partial charge in [0, 0.05) is 35.1 Å². The lowest BCUT2D eigenvalue weighted by atomic mass is 9.93. The van der Waals surface area contributed by atoms with Gasteiger partial charge in [0.2, 0.25) is 0 Å². The maximum Gasteiger partial charge on any atom is 0.252 e. The Morgan fingerprint density at radius 3 is 2.58 bits per heavy atom. The Labute approximate surface area is 193 Å². The fraction of sp³-hybridized carbons (Fsp3) is 0.320. The van der Waals surface area contributed by atoms with E-state index in [1.54, 1.807) is 56.8 Å². The predicted octanol–water partition coefficient (Wildman–Crippen LogP) is 4.09. The van der Waals surface area contributed by atoms with Gasteiger partial charge in [0.05, 0.1) is 7.11 Å². The molecule has 0 fully saturated rings. The summed E-state index contributed by atoms with van der Waals surface area (Å²) in [5.74, 6) is 0.733. The summed E-state index contributed by atoms with van der Waals surface area (Å²) in [5.41, 5.74) is 1.65. The fourth-order valence-electron chi connectivity index (χ4n) is 3.30. The summed E-state index contributed by atoms with van der Waals surface area (Å²) in [6.45, 7) is 9.42. The number of amides is 1. The van der Waals surface area contributed by atoms with Crippen LogP contribution in [0.2, 0.25) is 0 Å². The van der Waals surface area contributed by atoms with Crippen LogP contribution in [-0.4, -0.2) is 23.2 Å². The maximum atomic E-state index is 13.6. The molecule has 0 spiro atoms. The Hall–Kier alpha value is -3.81. The summed E-state index contributed by atoms with van der Waals surface area (Å²) < 4.78 is 10.8. The highest BCUT2D eigenvalue weighted by molar-refractivity contribution is 5.98. The molecule has 0 radical (unpaired) electrons. The highest BCUT2D eigenvalue weighted by atomic mass is 16.5. The van der Waals surface area contributed by atoms with E-state index in [9.17, 15) is 9.90 Å². The number of carbonyl (C=O) groups excluding carboxylic acids is 1. The minimum atomic E-state index is -1.03. The van der Waals surface area contributed by atoms with Crippen molar-refractivity contribution in [1.29, 1.82) is 0 Å². The Balaban J connectivity index is 2.08. The van der Waals surface area contributed by atoms with Gasteiger partial charge < -0.3 is 24.6 Å². The molecule has 2 aromatic heterocycles. The molecule has 1 atom stereocenters. The van der Waals surface area contributed by atoms with Crippen LogP contribution in [0.3, 0.4) is 0 Å². The highest BCUT2D eigenvalue weighted by Crippen LogP contribution is 2.33. The lowest BCUT2D eigenvalue weighted by molar-refractivity contribution is -0.306. The molecule has 1 amide bonds. The number of benzene rings is 1. The minimum absolute atomic E-state index is 0.249. The molecule has 0 bridgehead atoms. The molecule has 8 heteroatoms. The van der Waals surface area contributed by atoms with E-state index in [2.05, 4.69) is 15.5 Å². The number of hydrogen-bond acceptors (Lipinski definition) is 7. The monoisotopic (exact) mass is 449 g/mol. The number of aryl methyl sites for hydroxylation is 1. The average Bonchev–Trinajstić information content (AvgIpc) is 3.29. The third-order valence-electron chi connectivity index (χ3n) is 5.17. The fourth-order valence-corrected chi connectivity index (χ4v) is 3.30. The van der Waals surface area contributed by atoms with Gasteiger partial charge in [0.15, 0.2) is 5.82 Å². The second-order valence-corrected chi connectivity index (χ2v) is 8.66. The maximum absolute atomic E-state index is 13.6. The van der Waals surface area contributed by atoms with Crippen LogP contribution in [0.1, 0.15) is 50.6 Å². The molecule has 8 nitrogen and oxygen atoms in total. The van der Waals surface area contributed by atoms with Crippen molar-refractivity contribution in [2.24, 2.45) is 0 Å². The number of ether oxygens (including phenoxy) is 1. The molecular weight excluding hydrogens is 420 g/mol. The van der Waals surface area contributed by atoms with E-state index in [0.29, 0.717) is 22.8 Å². The van der Waals surface area contributed by atoms with Gasteiger partial charge in [0.25, 0.3) is 5.91 Å². The Morgan fingerprint density at radius 1 is 1.27 bits per heavy atom. The van der Waals surface area contributed by atoms with Crippen LogP contribution in [0.5, 0.6) is 5.75 Å². The zero-order valence-electron chi connectivity index (χ0n) is 19.7. The second kappa shape index (κ2) is 9.77. The topological polar surface area (TPSA) is 104 Å². The number of pyridine rings is 1. The van der Waals surface area contributed by atoms with E-state index in [1.165, 1.54) is 11.0 Å². The Morgan fingerprint density at radius 2 is 2.03 bits per heavy atom. The SMILES string of the molecule is C/C=C(\[O-])N(c1cc(C(C)(C)C)on1)[C@H](C(=O)Nc1ccc(OC)cc1C)c1cccnc1. The molecule has 174 valence electrons. The van der Waals surface area contributed by atoms with E-state index in [0.717, 1.165) is 5.56 Å². The van der Waals surface area contributed by atoms with E-state index in [4.69, 9.17) is 9.26 Å². The molecule has 0 saturated heterocycles. The number of aromatic nitrogens is 2. The zero-order chi connectivity index (χ0) is 24.2. The Kier molecular flexibility index (Phi) is 7.06. The van der Waals surface area contributed by atoms with E-state index >= 15 is 0 Å². The number of nitrogens with zero attached hydrogens (tertiary/aromatic N) is 3. The van der Waals surface area contributed by atoms with Crippen molar-refractivity contribution in [3.63, 3.8) is 0 Å². The van der Waals surface area contributed by atoms with Crippen LogP contribution in [0, 0.1) is 6.92 Å². The van der Waals surface area contributed by atoms with E-state index < -0.39 is 11.9 Å². The normalized spacial score (nSPS) is 12.8. The summed E-state index contributed by atoms with van der Waals surface area (Å²) in [7, 11) is 1.58. The predicted molar refractivity (Wildman–Crippen MR) is 125 cm³/mol. The quantitative estimate of drug-likeness (QED) is 0.542. The number of anilines is 2. The van der Waals surface area contributed by atoms with Crippen LogP contribution in [-0.2, 0) is 10.2 Å². The summed E-state index contributed by atoms with van der Waals surface area (Å²) in [6, 6.07) is 9.48. The summed E-state index contributed by atoms with van der Waals surface area (Å²) in [6.07, 6.45) is 4.56. The first-order valence-corrected chi connectivity index (χ1v) is 10.6.